The molecule has 0 aliphatic carbocycles. The minimum absolute atomic E-state index is 0.0933. The molecule has 3 rings (SSSR count). The van der Waals surface area contributed by atoms with Crippen LogP contribution in [0.1, 0.15) is 36.0 Å². The van der Waals surface area contributed by atoms with Crippen molar-refractivity contribution >= 4 is 40.6 Å². The first-order valence-corrected chi connectivity index (χ1v) is 10.6. The summed E-state index contributed by atoms with van der Waals surface area (Å²) in [6, 6.07) is 14.2. The molecule has 8 heteroatoms. The van der Waals surface area contributed by atoms with Crippen molar-refractivity contribution in [1.82, 2.24) is 14.5 Å². The third kappa shape index (κ3) is 5.67. The predicted molar refractivity (Wildman–Crippen MR) is 125 cm³/mol. The fraction of sp³-hybridized carbons (Fsp3) is 0.304. The second-order valence-corrected chi connectivity index (χ2v) is 7.96. The summed E-state index contributed by atoms with van der Waals surface area (Å²) in [5, 5.41) is 3.45. The third-order valence-electron chi connectivity index (χ3n) is 4.97. The van der Waals surface area contributed by atoms with E-state index in [-0.39, 0.29) is 17.4 Å². The number of nitrogens with zero attached hydrogens (tertiary/aromatic N) is 2. The number of hydrogen-bond donors (Lipinski definition) is 2. The summed E-state index contributed by atoms with van der Waals surface area (Å²) in [6.07, 6.45) is 2.60. The molecule has 2 amide bonds. The summed E-state index contributed by atoms with van der Waals surface area (Å²) in [5.74, 6) is -0.215. The normalized spacial score (nSPS) is 10.8. The topological polar surface area (TPSA) is 87.2 Å². The molecule has 31 heavy (non-hydrogen) atoms. The number of nitrogens with one attached hydrogen (secondary N) is 2. The lowest BCUT2D eigenvalue weighted by Crippen LogP contribution is -2.22. The number of unbranched alkanes of at least 4 members (excludes halogenated alkanes) is 2. The molecule has 0 saturated carbocycles. The number of aromatic amines is 1. The zero-order valence-electron chi connectivity index (χ0n) is 17.7. The standard InChI is InChI=1S/C23H26N4O3S/c1-26(2)21(29)16-9-8-10-17(15-16)24-20(28)13-4-3-7-14-27-22(30)18-11-5-6-12-19(18)25-23(27)31/h5-6,8-12,15H,3-4,7,13-14H2,1-2H3,(H,24,28)(H,25,31). The van der Waals surface area contributed by atoms with E-state index in [0.717, 1.165) is 18.4 Å². The molecule has 0 spiro atoms. The Morgan fingerprint density at radius 3 is 2.61 bits per heavy atom. The highest BCUT2D eigenvalue weighted by atomic mass is 32.1. The van der Waals surface area contributed by atoms with Crippen LogP contribution >= 0.6 is 12.2 Å². The molecule has 0 radical (unpaired) electrons. The first kappa shape index (κ1) is 22.4. The molecule has 0 saturated heterocycles. The van der Waals surface area contributed by atoms with Gasteiger partial charge in [-0.05, 0) is 55.4 Å². The van der Waals surface area contributed by atoms with Gasteiger partial charge in [-0.2, -0.15) is 0 Å². The molecule has 1 heterocycles. The van der Waals surface area contributed by atoms with Crippen molar-refractivity contribution in [3.05, 3.63) is 69.2 Å². The highest BCUT2D eigenvalue weighted by Crippen LogP contribution is 2.13. The molecular weight excluding hydrogens is 412 g/mol. The number of rotatable bonds is 8. The molecule has 0 fully saturated rings. The summed E-state index contributed by atoms with van der Waals surface area (Å²) in [5.41, 5.74) is 1.78. The maximum absolute atomic E-state index is 12.6. The molecule has 2 aromatic carbocycles. The summed E-state index contributed by atoms with van der Waals surface area (Å²) < 4.78 is 1.99. The van der Waals surface area contributed by atoms with Gasteiger partial charge >= 0.3 is 0 Å². The maximum Gasteiger partial charge on any atom is 0.262 e. The third-order valence-corrected chi connectivity index (χ3v) is 5.30. The van der Waals surface area contributed by atoms with Gasteiger partial charge in [0.2, 0.25) is 5.91 Å². The van der Waals surface area contributed by atoms with E-state index in [0.29, 0.717) is 40.8 Å². The van der Waals surface area contributed by atoms with Crippen LogP contribution in [0.5, 0.6) is 0 Å². The number of anilines is 1. The van der Waals surface area contributed by atoms with Gasteiger partial charge in [-0.15, -0.1) is 0 Å². The fourth-order valence-electron chi connectivity index (χ4n) is 3.35. The second-order valence-electron chi connectivity index (χ2n) is 7.57. The number of carbonyl (C=O) groups excluding carboxylic acids is 2. The quantitative estimate of drug-likeness (QED) is 0.412. The Morgan fingerprint density at radius 1 is 1.06 bits per heavy atom. The van der Waals surface area contributed by atoms with E-state index < -0.39 is 0 Å². The van der Waals surface area contributed by atoms with Crippen LogP contribution in [0.25, 0.3) is 10.9 Å². The number of fused-ring (bicyclic) bond motifs is 1. The van der Waals surface area contributed by atoms with Crippen LogP contribution in [0.2, 0.25) is 0 Å². The Hall–Kier alpha value is -3.26. The van der Waals surface area contributed by atoms with E-state index in [2.05, 4.69) is 10.3 Å². The molecule has 2 N–H and O–H groups in total. The molecule has 3 aromatic rings. The zero-order valence-corrected chi connectivity index (χ0v) is 18.5. The van der Waals surface area contributed by atoms with Gasteiger partial charge in [0.05, 0.1) is 10.9 Å². The summed E-state index contributed by atoms with van der Waals surface area (Å²) in [7, 11) is 3.37. The van der Waals surface area contributed by atoms with Gasteiger partial charge in [0, 0.05) is 38.3 Å². The average molecular weight is 439 g/mol. The van der Waals surface area contributed by atoms with Crippen LogP contribution < -0.4 is 10.9 Å². The van der Waals surface area contributed by atoms with Crippen LogP contribution in [-0.2, 0) is 11.3 Å². The molecule has 7 nitrogen and oxygen atoms in total. The molecular formula is C23H26N4O3S. The number of aromatic nitrogens is 2. The maximum atomic E-state index is 12.6. The van der Waals surface area contributed by atoms with Crippen LogP contribution in [0.3, 0.4) is 0 Å². The molecule has 0 aliphatic rings. The lowest BCUT2D eigenvalue weighted by Gasteiger charge is -2.12. The first-order chi connectivity index (χ1) is 14.9. The monoisotopic (exact) mass is 438 g/mol. The molecule has 0 aliphatic heterocycles. The Labute approximate surface area is 185 Å². The molecule has 162 valence electrons. The number of benzene rings is 2. The lowest BCUT2D eigenvalue weighted by molar-refractivity contribution is -0.116. The number of hydrogen-bond acceptors (Lipinski definition) is 4. The summed E-state index contributed by atoms with van der Waals surface area (Å²) >= 11 is 5.32. The average Bonchev–Trinajstić information content (AvgIpc) is 2.75. The van der Waals surface area contributed by atoms with E-state index in [9.17, 15) is 14.4 Å². The van der Waals surface area contributed by atoms with Gasteiger partial charge in [0.25, 0.3) is 11.5 Å². The molecule has 0 atom stereocenters. The van der Waals surface area contributed by atoms with E-state index in [1.807, 2.05) is 18.2 Å². The summed E-state index contributed by atoms with van der Waals surface area (Å²) in [6.45, 7) is 0.509. The van der Waals surface area contributed by atoms with Crippen molar-refractivity contribution in [2.24, 2.45) is 0 Å². The number of carbonyl (C=O) groups is 2. The van der Waals surface area contributed by atoms with Gasteiger partial charge < -0.3 is 15.2 Å². The van der Waals surface area contributed by atoms with Gasteiger partial charge in [0.15, 0.2) is 4.77 Å². The van der Waals surface area contributed by atoms with E-state index in [4.69, 9.17) is 12.2 Å². The van der Waals surface area contributed by atoms with E-state index in [1.165, 1.54) is 4.90 Å². The van der Waals surface area contributed by atoms with Crippen LogP contribution in [0.15, 0.2) is 53.3 Å². The molecule has 0 unspecified atom stereocenters. The highest BCUT2D eigenvalue weighted by Gasteiger charge is 2.10. The first-order valence-electron chi connectivity index (χ1n) is 10.2. The number of H-pyrrole nitrogens is 1. The van der Waals surface area contributed by atoms with Gasteiger partial charge in [-0.25, -0.2) is 0 Å². The van der Waals surface area contributed by atoms with Gasteiger partial charge in [-0.1, -0.05) is 24.6 Å². The number of amides is 2. The lowest BCUT2D eigenvalue weighted by atomic mass is 10.1. The van der Waals surface area contributed by atoms with Crippen molar-refractivity contribution in [1.29, 1.82) is 0 Å². The summed E-state index contributed by atoms with van der Waals surface area (Å²) in [4.78, 5) is 41.5. The molecule has 1 aromatic heterocycles. The van der Waals surface area contributed by atoms with Crippen molar-refractivity contribution in [2.45, 2.75) is 32.2 Å². The van der Waals surface area contributed by atoms with Crippen LogP contribution in [0.4, 0.5) is 5.69 Å². The minimum Gasteiger partial charge on any atom is -0.345 e. The molecule has 0 bridgehead atoms. The van der Waals surface area contributed by atoms with Crippen molar-refractivity contribution < 1.29 is 9.59 Å². The largest absolute Gasteiger partial charge is 0.345 e. The Balaban J connectivity index is 1.49. The van der Waals surface area contributed by atoms with Gasteiger partial charge in [0.1, 0.15) is 0 Å². The fourth-order valence-corrected chi connectivity index (χ4v) is 3.63. The van der Waals surface area contributed by atoms with Crippen LogP contribution in [0, 0.1) is 4.77 Å². The van der Waals surface area contributed by atoms with Crippen molar-refractivity contribution in [3.8, 4) is 0 Å². The van der Waals surface area contributed by atoms with Gasteiger partial charge in [-0.3, -0.25) is 19.0 Å². The van der Waals surface area contributed by atoms with E-state index >= 15 is 0 Å². The Kier molecular flexibility index (Phi) is 7.36. The minimum atomic E-state index is -0.113. The smallest absolute Gasteiger partial charge is 0.262 e. The SMILES string of the molecule is CN(C)C(=O)c1cccc(NC(=O)CCCCCn2c(=S)[nH]c3ccccc3c2=O)c1. The highest BCUT2D eigenvalue weighted by molar-refractivity contribution is 7.71. The number of para-hydroxylation sites is 1. The van der Waals surface area contributed by atoms with E-state index in [1.54, 1.807) is 49.0 Å². The second kappa shape index (κ2) is 10.2. The van der Waals surface area contributed by atoms with Crippen molar-refractivity contribution in [3.63, 3.8) is 0 Å². The zero-order chi connectivity index (χ0) is 22.4. The predicted octanol–water partition coefficient (Wildman–Crippen LogP) is 3.96. The Bertz CT molecular complexity index is 1210. The Morgan fingerprint density at radius 2 is 1.84 bits per heavy atom. The van der Waals surface area contributed by atoms with Crippen molar-refractivity contribution in [2.75, 3.05) is 19.4 Å². The van der Waals surface area contributed by atoms with Crippen LogP contribution in [-0.4, -0.2) is 40.4 Å².